The minimum Gasteiger partial charge on any atom is -0.309 e. The van der Waals surface area contributed by atoms with E-state index in [9.17, 15) is 0 Å². The van der Waals surface area contributed by atoms with Crippen LogP contribution in [-0.4, -0.2) is 13.7 Å². The minimum atomic E-state index is -0.230. The minimum absolute atomic E-state index is 0.230. The van der Waals surface area contributed by atoms with Gasteiger partial charge in [-0.15, -0.1) is 0 Å². The quantitative estimate of drug-likeness (QED) is 0.171. The van der Waals surface area contributed by atoms with Crippen molar-refractivity contribution < 1.29 is 0 Å². The number of benzene rings is 8. The van der Waals surface area contributed by atoms with Crippen LogP contribution < -0.4 is 0 Å². The zero-order valence-electron chi connectivity index (χ0n) is 30.2. The van der Waals surface area contributed by atoms with Crippen LogP contribution in [0.25, 0.3) is 82.5 Å². The highest BCUT2D eigenvalue weighted by molar-refractivity contribution is 6.14. The molecule has 54 heavy (non-hydrogen) atoms. The smallest absolute Gasteiger partial charge is 0.0542 e. The second kappa shape index (κ2) is 11.6. The second-order valence-corrected chi connectivity index (χ2v) is 15.0. The first-order valence-electron chi connectivity index (χ1n) is 18.8. The van der Waals surface area contributed by atoms with Gasteiger partial charge in [-0.2, -0.15) is 0 Å². The Labute approximate surface area is 313 Å². The molecule has 0 saturated heterocycles. The van der Waals surface area contributed by atoms with E-state index in [0.717, 1.165) is 11.4 Å². The molecule has 11 rings (SSSR count). The molecule has 0 amide bonds. The van der Waals surface area contributed by atoms with Gasteiger partial charge in [0.1, 0.15) is 0 Å². The summed E-state index contributed by atoms with van der Waals surface area (Å²) in [6.45, 7) is 4.69. The number of aromatic nitrogens is 3. The third-order valence-electron chi connectivity index (χ3n) is 11.7. The molecule has 0 aliphatic carbocycles. The van der Waals surface area contributed by atoms with Gasteiger partial charge in [0.25, 0.3) is 0 Å². The van der Waals surface area contributed by atoms with Gasteiger partial charge in [0.05, 0.1) is 38.8 Å². The Morgan fingerprint density at radius 3 is 1.15 bits per heavy atom. The molecule has 0 unspecified atom stereocenters. The molecule has 3 heteroatoms. The van der Waals surface area contributed by atoms with Gasteiger partial charge in [0.15, 0.2) is 0 Å². The van der Waals surface area contributed by atoms with Crippen molar-refractivity contribution >= 4 is 65.4 Å². The van der Waals surface area contributed by atoms with Crippen LogP contribution in [0, 0.1) is 0 Å². The molecule has 256 valence electrons. The topological polar surface area (TPSA) is 14.8 Å². The molecule has 8 aromatic carbocycles. The average molecular weight is 692 g/mol. The summed E-state index contributed by atoms with van der Waals surface area (Å²) in [5.74, 6) is 0. The van der Waals surface area contributed by atoms with Crippen LogP contribution in [0.4, 0.5) is 0 Å². The molecule has 0 bridgehead atoms. The highest BCUT2D eigenvalue weighted by Crippen LogP contribution is 2.42. The van der Waals surface area contributed by atoms with Crippen molar-refractivity contribution in [2.75, 3.05) is 0 Å². The van der Waals surface area contributed by atoms with Gasteiger partial charge in [-0.1, -0.05) is 135 Å². The molecule has 3 aromatic heterocycles. The zero-order valence-corrected chi connectivity index (χ0v) is 30.2. The third-order valence-corrected chi connectivity index (χ3v) is 11.7. The Kier molecular flexibility index (Phi) is 6.60. The Hall–Kier alpha value is -6.84. The van der Waals surface area contributed by atoms with E-state index in [1.54, 1.807) is 0 Å². The molecule has 0 aliphatic rings. The van der Waals surface area contributed by atoms with Crippen molar-refractivity contribution in [2.45, 2.75) is 19.3 Å². The standard InChI is InChI=1S/C51H37N3/c1-51(2,34-16-4-3-5-17-34)43-22-10-15-27-50(43)54-48-30-28-35(52-44-23-11-6-18-37(44)38-19-7-12-24-45(38)52)32-41(48)42-33-36(29-31-49(42)54)53-46-25-13-8-20-39(46)40-21-9-14-26-47(40)53/h3-33H,1-2H3. The first-order valence-corrected chi connectivity index (χ1v) is 18.8. The number of fused-ring (bicyclic) bond motifs is 9. The summed E-state index contributed by atoms with van der Waals surface area (Å²) in [6.07, 6.45) is 0. The lowest BCUT2D eigenvalue weighted by Crippen LogP contribution is -2.21. The van der Waals surface area contributed by atoms with E-state index in [4.69, 9.17) is 0 Å². The van der Waals surface area contributed by atoms with E-state index in [0.29, 0.717) is 0 Å². The number of nitrogens with zero attached hydrogens (tertiary/aromatic N) is 3. The molecule has 0 spiro atoms. The van der Waals surface area contributed by atoms with Crippen LogP contribution in [0.2, 0.25) is 0 Å². The van der Waals surface area contributed by atoms with Gasteiger partial charge in [-0.3, -0.25) is 0 Å². The van der Waals surface area contributed by atoms with Crippen LogP contribution >= 0.6 is 0 Å². The van der Waals surface area contributed by atoms with Crippen LogP contribution in [0.3, 0.4) is 0 Å². The molecule has 0 aliphatic heterocycles. The fourth-order valence-corrected chi connectivity index (χ4v) is 9.15. The Balaban J connectivity index is 1.23. The lowest BCUT2D eigenvalue weighted by atomic mass is 9.77. The van der Waals surface area contributed by atoms with Crippen LogP contribution in [-0.2, 0) is 5.41 Å². The second-order valence-electron chi connectivity index (χ2n) is 15.0. The molecule has 0 atom stereocenters. The summed E-state index contributed by atoms with van der Waals surface area (Å²) in [4.78, 5) is 0. The van der Waals surface area contributed by atoms with E-state index >= 15 is 0 Å². The maximum Gasteiger partial charge on any atom is 0.0542 e. The molecule has 0 N–H and O–H groups in total. The summed E-state index contributed by atoms with van der Waals surface area (Å²) in [6, 6.07) is 69.0. The Morgan fingerprint density at radius 1 is 0.315 bits per heavy atom. The fraction of sp³-hybridized carbons (Fsp3) is 0.0588. The van der Waals surface area contributed by atoms with E-state index < -0.39 is 0 Å². The van der Waals surface area contributed by atoms with Crippen LogP contribution in [0.5, 0.6) is 0 Å². The van der Waals surface area contributed by atoms with Gasteiger partial charge in [0.2, 0.25) is 0 Å². The molecule has 11 aromatic rings. The SMILES string of the molecule is CC(C)(c1ccccc1)c1ccccc1-n1c2ccc(-n3c4ccccc4c4ccccc43)cc2c2cc(-n3c4ccccc4c4ccccc43)ccc21. The van der Waals surface area contributed by atoms with E-state index in [1.807, 2.05) is 0 Å². The Bertz CT molecular complexity index is 2970. The number of rotatable bonds is 5. The van der Waals surface area contributed by atoms with Gasteiger partial charge in [-0.05, 0) is 77.9 Å². The van der Waals surface area contributed by atoms with Crippen LogP contribution in [0.15, 0.2) is 188 Å². The number of hydrogen-bond acceptors (Lipinski definition) is 0. The van der Waals surface area contributed by atoms with Crippen LogP contribution in [0.1, 0.15) is 25.0 Å². The van der Waals surface area contributed by atoms with Crippen molar-refractivity contribution in [1.29, 1.82) is 0 Å². The number of hydrogen-bond donors (Lipinski definition) is 0. The van der Waals surface area contributed by atoms with Gasteiger partial charge >= 0.3 is 0 Å². The first kappa shape index (κ1) is 30.8. The monoisotopic (exact) mass is 691 g/mol. The largest absolute Gasteiger partial charge is 0.309 e. The molecular formula is C51H37N3. The average Bonchev–Trinajstić information content (AvgIpc) is 3.86. The van der Waals surface area contributed by atoms with Gasteiger partial charge in [0, 0.05) is 49.1 Å². The number of para-hydroxylation sites is 5. The molecule has 0 saturated carbocycles. The third kappa shape index (κ3) is 4.36. The predicted octanol–water partition coefficient (Wildman–Crippen LogP) is 13.3. The lowest BCUT2D eigenvalue weighted by molar-refractivity contribution is 0.637. The highest BCUT2D eigenvalue weighted by atomic mass is 15.0. The van der Waals surface area contributed by atoms with Gasteiger partial charge in [-0.25, -0.2) is 0 Å². The molecule has 0 radical (unpaired) electrons. The molecule has 3 nitrogen and oxygen atoms in total. The van der Waals surface area contributed by atoms with Crippen molar-refractivity contribution in [2.24, 2.45) is 0 Å². The maximum absolute atomic E-state index is 2.50. The lowest BCUT2D eigenvalue weighted by Gasteiger charge is -2.29. The van der Waals surface area contributed by atoms with Crippen molar-refractivity contribution in [3.05, 3.63) is 199 Å². The van der Waals surface area contributed by atoms with Crippen molar-refractivity contribution in [3.63, 3.8) is 0 Å². The zero-order chi connectivity index (χ0) is 36.0. The van der Waals surface area contributed by atoms with Crippen molar-refractivity contribution in [1.82, 2.24) is 13.7 Å². The molecule has 3 heterocycles. The summed E-state index contributed by atoms with van der Waals surface area (Å²) < 4.78 is 7.35. The first-order chi connectivity index (χ1) is 26.6. The highest BCUT2D eigenvalue weighted by Gasteiger charge is 2.28. The maximum atomic E-state index is 2.50. The summed E-state index contributed by atoms with van der Waals surface area (Å²) in [7, 11) is 0. The van der Waals surface area contributed by atoms with Gasteiger partial charge < -0.3 is 13.7 Å². The molecule has 0 fully saturated rings. The normalized spacial score (nSPS) is 12.3. The van der Waals surface area contributed by atoms with E-state index in [2.05, 4.69) is 216 Å². The Morgan fingerprint density at radius 2 is 0.685 bits per heavy atom. The summed E-state index contributed by atoms with van der Waals surface area (Å²) >= 11 is 0. The van der Waals surface area contributed by atoms with E-state index in [1.165, 1.54) is 82.2 Å². The molecular weight excluding hydrogens is 655 g/mol. The predicted molar refractivity (Wildman–Crippen MR) is 228 cm³/mol. The summed E-state index contributed by atoms with van der Waals surface area (Å²) in [5, 5.41) is 7.50. The summed E-state index contributed by atoms with van der Waals surface area (Å²) in [5.41, 5.74) is 13.1. The fourth-order valence-electron chi connectivity index (χ4n) is 9.15. The van der Waals surface area contributed by atoms with E-state index in [-0.39, 0.29) is 5.41 Å². The van der Waals surface area contributed by atoms with Crippen molar-refractivity contribution in [3.8, 4) is 17.1 Å².